The zero-order valence-electron chi connectivity index (χ0n) is 12.6. The van der Waals surface area contributed by atoms with Gasteiger partial charge in [0.05, 0.1) is 23.1 Å². The van der Waals surface area contributed by atoms with Crippen LogP contribution in [0.1, 0.15) is 44.7 Å². The Hall–Kier alpha value is -1.11. The van der Waals surface area contributed by atoms with E-state index in [9.17, 15) is 8.42 Å². The van der Waals surface area contributed by atoms with Gasteiger partial charge in [0, 0.05) is 0 Å². The maximum absolute atomic E-state index is 12.2. The Morgan fingerprint density at radius 2 is 1.90 bits per heavy atom. The van der Waals surface area contributed by atoms with Crippen molar-refractivity contribution in [2.75, 3.05) is 5.75 Å². The lowest BCUT2D eigenvalue weighted by Gasteiger charge is -2.30. The molecule has 1 aliphatic rings. The number of hydrogen-bond donors (Lipinski definition) is 2. The Morgan fingerprint density at radius 3 is 2.43 bits per heavy atom. The topological polar surface area (TPSA) is 81.4 Å². The lowest BCUT2D eigenvalue weighted by atomic mass is 10.00. The van der Waals surface area contributed by atoms with Crippen molar-refractivity contribution in [3.63, 3.8) is 0 Å². The van der Waals surface area contributed by atoms with Crippen LogP contribution in [0, 0.1) is 0 Å². The van der Waals surface area contributed by atoms with Crippen molar-refractivity contribution in [2.24, 2.45) is 5.84 Å². The molecule has 3 N–H and O–H groups in total. The van der Waals surface area contributed by atoms with Crippen LogP contribution in [0.15, 0.2) is 24.3 Å². The van der Waals surface area contributed by atoms with Crippen LogP contribution in [-0.4, -0.2) is 25.5 Å². The first-order valence-electron chi connectivity index (χ1n) is 7.38. The molecule has 0 amide bonds. The Labute approximate surface area is 126 Å². The van der Waals surface area contributed by atoms with Crippen LogP contribution in [0.2, 0.25) is 0 Å². The van der Waals surface area contributed by atoms with Gasteiger partial charge in [-0.1, -0.05) is 18.6 Å². The normalized spacial score (nSPS) is 23.0. The van der Waals surface area contributed by atoms with Crippen molar-refractivity contribution in [2.45, 2.75) is 50.5 Å². The molecular formula is C15H24N2O3S. The highest BCUT2D eigenvalue weighted by atomic mass is 32.2. The maximum Gasteiger partial charge on any atom is 0.155 e. The summed E-state index contributed by atoms with van der Waals surface area (Å²) in [5, 5.41) is -0.451. The highest BCUT2D eigenvalue weighted by molar-refractivity contribution is 7.92. The van der Waals surface area contributed by atoms with E-state index < -0.39 is 15.1 Å². The third kappa shape index (κ3) is 3.96. The average molecular weight is 312 g/mol. The van der Waals surface area contributed by atoms with Gasteiger partial charge in [-0.15, -0.1) is 0 Å². The molecule has 1 heterocycles. The number of hydrogen-bond acceptors (Lipinski definition) is 5. The fraction of sp³-hybridized carbons (Fsp3) is 0.600. The molecule has 118 valence electrons. The first kappa shape index (κ1) is 16.3. The zero-order valence-corrected chi connectivity index (χ0v) is 13.4. The SMILES string of the molecule is CC(C)Oc1ccc(C(NN)C2CCCCS2(=O)=O)cc1. The zero-order chi connectivity index (χ0) is 15.5. The van der Waals surface area contributed by atoms with Gasteiger partial charge in [0.1, 0.15) is 5.75 Å². The fourth-order valence-corrected chi connectivity index (χ4v) is 4.88. The molecule has 0 spiro atoms. The van der Waals surface area contributed by atoms with E-state index in [1.54, 1.807) is 0 Å². The fourth-order valence-electron chi connectivity index (χ4n) is 2.80. The highest BCUT2D eigenvalue weighted by Gasteiger charge is 2.35. The molecule has 21 heavy (non-hydrogen) atoms. The van der Waals surface area contributed by atoms with E-state index in [0.717, 1.165) is 24.2 Å². The molecule has 0 radical (unpaired) electrons. The largest absolute Gasteiger partial charge is 0.491 e. The summed E-state index contributed by atoms with van der Waals surface area (Å²) in [5.74, 6) is 6.66. The molecule has 2 rings (SSSR count). The van der Waals surface area contributed by atoms with Crippen LogP contribution in [0.25, 0.3) is 0 Å². The van der Waals surface area contributed by atoms with E-state index in [4.69, 9.17) is 10.6 Å². The summed E-state index contributed by atoms with van der Waals surface area (Å²) in [6, 6.07) is 7.10. The molecule has 1 aromatic carbocycles. The Bertz CT molecular complexity index is 555. The lowest BCUT2D eigenvalue weighted by Crippen LogP contribution is -2.43. The number of sulfone groups is 1. The van der Waals surface area contributed by atoms with Crippen LogP contribution >= 0.6 is 0 Å². The smallest absolute Gasteiger partial charge is 0.155 e. The summed E-state index contributed by atoms with van der Waals surface area (Å²) in [6.07, 6.45) is 2.44. The Kier molecular flexibility index (Phi) is 5.24. The summed E-state index contributed by atoms with van der Waals surface area (Å²) in [7, 11) is -3.09. The van der Waals surface area contributed by atoms with Crippen molar-refractivity contribution >= 4 is 9.84 Å². The second-order valence-electron chi connectivity index (χ2n) is 5.78. The molecule has 2 atom stereocenters. The molecule has 1 fully saturated rings. The van der Waals surface area contributed by atoms with Gasteiger partial charge in [0.25, 0.3) is 0 Å². The van der Waals surface area contributed by atoms with Crippen molar-refractivity contribution in [1.29, 1.82) is 0 Å². The first-order chi connectivity index (χ1) is 9.94. The standard InChI is InChI=1S/C15H24N2O3S/c1-11(2)20-13-8-6-12(7-9-13)15(17-16)14-5-3-4-10-21(14,18)19/h6-9,11,14-15,17H,3-5,10,16H2,1-2H3. The van der Waals surface area contributed by atoms with Gasteiger partial charge in [0.2, 0.25) is 0 Å². The van der Waals surface area contributed by atoms with Crippen LogP contribution in [0.4, 0.5) is 0 Å². The summed E-state index contributed by atoms with van der Waals surface area (Å²) < 4.78 is 30.1. The summed E-state index contributed by atoms with van der Waals surface area (Å²) in [6.45, 7) is 3.93. The second-order valence-corrected chi connectivity index (χ2v) is 8.12. The van der Waals surface area contributed by atoms with Gasteiger partial charge in [-0.05, 0) is 44.4 Å². The lowest BCUT2D eigenvalue weighted by molar-refractivity contribution is 0.242. The number of nitrogens with two attached hydrogens (primary N) is 1. The second kappa shape index (κ2) is 6.77. The minimum Gasteiger partial charge on any atom is -0.491 e. The van der Waals surface area contributed by atoms with Crippen molar-refractivity contribution < 1.29 is 13.2 Å². The molecule has 2 unspecified atom stereocenters. The summed E-state index contributed by atoms with van der Waals surface area (Å²) in [4.78, 5) is 0. The van der Waals surface area contributed by atoms with E-state index >= 15 is 0 Å². The summed E-state index contributed by atoms with van der Waals surface area (Å²) >= 11 is 0. The van der Waals surface area contributed by atoms with E-state index in [-0.39, 0.29) is 17.9 Å². The predicted molar refractivity (Wildman–Crippen MR) is 83.7 cm³/mol. The van der Waals surface area contributed by atoms with Crippen LogP contribution < -0.4 is 16.0 Å². The number of hydrazine groups is 1. The molecular weight excluding hydrogens is 288 g/mol. The van der Waals surface area contributed by atoms with Gasteiger partial charge in [-0.2, -0.15) is 0 Å². The first-order valence-corrected chi connectivity index (χ1v) is 9.10. The predicted octanol–water partition coefficient (Wildman–Crippen LogP) is 1.95. The minimum atomic E-state index is -3.09. The highest BCUT2D eigenvalue weighted by Crippen LogP contribution is 2.31. The monoisotopic (exact) mass is 312 g/mol. The minimum absolute atomic E-state index is 0.109. The van der Waals surface area contributed by atoms with Gasteiger partial charge in [0.15, 0.2) is 9.84 Å². The Balaban J connectivity index is 2.21. The van der Waals surface area contributed by atoms with Crippen LogP contribution in [0.5, 0.6) is 5.75 Å². The van der Waals surface area contributed by atoms with Gasteiger partial charge < -0.3 is 4.74 Å². The molecule has 0 bridgehead atoms. The van der Waals surface area contributed by atoms with Crippen molar-refractivity contribution in [3.05, 3.63) is 29.8 Å². The van der Waals surface area contributed by atoms with Crippen LogP contribution in [-0.2, 0) is 9.84 Å². The molecule has 6 heteroatoms. The number of ether oxygens (including phenoxy) is 1. The number of nitrogens with one attached hydrogen (secondary N) is 1. The molecule has 1 saturated heterocycles. The molecule has 1 aliphatic heterocycles. The maximum atomic E-state index is 12.2. The van der Waals surface area contributed by atoms with Crippen molar-refractivity contribution in [1.82, 2.24) is 5.43 Å². The third-order valence-corrected chi connectivity index (χ3v) is 6.08. The van der Waals surface area contributed by atoms with E-state index in [1.165, 1.54) is 0 Å². The molecule has 0 aromatic heterocycles. The Morgan fingerprint density at radius 1 is 1.24 bits per heavy atom. The van der Waals surface area contributed by atoms with E-state index in [1.807, 2.05) is 38.1 Å². The van der Waals surface area contributed by atoms with Gasteiger partial charge in [-0.3, -0.25) is 11.3 Å². The molecule has 5 nitrogen and oxygen atoms in total. The molecule has 1 aromatic rings. The average Bonchev–Trinajstić information content (AvgIpc) is 2.42. The molecule has 0 saturated carbocycles. The summed E-state index contributed by atoms with van der Waals surface area (Å²) in [5.41, 5.74) is 3.56. The quantitative estimate of drug-likeness (QED) is 0.641. The van der Waals surface area contributed by atoms with Crippen LogP contribution in [0.3, 0.4) is 0 Å². The molecule has 0 aliphatic carbocycles. The van der Waals surface area contributed by atoms with E-state index in [0.29, 0.717) is 6.42 Å². The third-order valence-electron chi connectivity index (χ3n) is 3.79. The number of benzene rings is 1. The van der Waals surface area contributed by atoms with Gasteiger partial charge >= 0.3 is 0 Å². The van der Waals surface area contributed by atoms with Crippen molar-refractivity contribution in [3.8, 4) is 5.75 Å². The number of rotatable bonds is 5. The van der Waals surface area contributed by atoms with E-state index in [2.05, 4.69) is 5.43 Å². The van der Waals surface area contributed by atoms with Gasteiger partial charge in [-0.25, -0.2) is 8.42 Å².